The number of hydrogen-bond acceptors (Lipinski definition) is 8. The van der Waals surface area contributed by atoms with Crippen molar-refractivity contribution >= 4 is 167 Å². The number of rotatable bonds is 8. The molecule has 14 aromatic rings. The van der Waals surface area contributed by atoms with E-state index in [1.807, 2.05) is 78.3 Å². The molecule has 0 unspecified atom stereocenters. The van der Waals surface area contributed by atoms with Gasteiger partial charge in [0.2, 0.25) is 0 Å². The van der Waals surface area contributed by atoms with Crippen molar-refractivity contribution in [2.75, 3.05) is 19.6 Å². The van der Waals surface area contributed by atoms with Crippen LogP contribution in [0.1, 0.15) is 0 Å². The molecule has 16 rings (SSSR count). The number of benzene rings is 10. The van der Waals surface area contributed by atoms with Gasteiger partial charge >= 0.3 is 0 Å². The number of anilines is 12. The quantitative estimate of drug-likeness (QED) is 0.141. The smallest absolute Gasteiger partial charge is 0.297 e. The van der Waals surface area contributed by atoms with Crippen molar-refractivity contribution < 1.29 is 8.83 Å². The summed E-state index contributed by atoms with van der Waals surface area (Å²) in [6, 6.07) is 91.0. The Bertz CT molecular complexity index is 4470. The number of halogens is 1. The molecule has 0 saturated carbocycles. The maximum atomic E-state index is 7.38. The molecular weight excluding hydrogens is 1020 g/mol. The van der Waals surface area contributed by atoms with E-state index >= 15 is 0 Å². The van der Waals surface area contributed by atoms with E-state index in [0.717, 1.165) is 78.1 Å². The molecule has 0 amide bonds. The van der Waals surface area contributed by atoms with E-state index < -0.39 is 0 Å². The van der Waals surface area contributed by atoms with E-state index in [0.29, 0.717) is 5.02 Å². The Morgan fingerprint density at radius 3 is 1.49 bits per heavy atom. The predicted molar refractivity (Wildman–Crippen MR) is 332 cm³/mol. The van der Waals surface area contributed by atoms with Crippen LogP contribution in [0.5, 0.6) is 0 Å². The molecule has 0 N–H and O–H groups in total. The van der Waals surface area contributed by atoms with Gasteiger partial charge < -0.3 is 28.4 Å². The van der Waals surface area contributed by atoms with E-state index in [-0.39, 0.29) is 6.71 Å². The first-order valence-corrected chi connectivity index (χ1v) is 28.0. The minimum absolute atomic E-state index is 0.000636. The van der Waals surface area contributed by atoms with Crippen LogP contribution in [0.15, 0.2) is 276 Å². The summed E-state index contributed by atoms with van der Waals surface area (Å²) in [4.78, 5) is 9.21. The first-order valence-electron chi connectivity index (χ1n) is 26.0. The van der Waals surface area contributed by atoms with Crippen molar-refractivity contribution in [2.24, 2.45) is 0 Å². The minimum atomic E-state index is 0.000636. The average Bonchev–Trinajstić information content (AvgIpc) is 4.43. The van der Waals surface area contributed by atoms with Crippen LogP contribution in [-0.4, -0.2) is 6.71 Å². The third kappa shape index (κ3) is 7.46. The molecule has 370 valence electrons. The van der Waals surface area contributed by atoms with E-state index in [2.05, 4.69) is 220 Å². The molecule has 0 aliphatic carbocycles. The van der Waals surface area contributed by atoms with Crippen LogP contribution in [0.2, 0.25) is 5.02 Å². The van der Waals surface area contributed by atoms with Gasteiger partial charge in [-0.05, 0) is 126 Å². The average molecular weight is 1060 g/mol. The Morgan fingerprint density at radius 2 is 0.859 bits per heavy atom. The van der Waals surface area contributed by atoms with Crippen molar-refractivity contribution in [3.63, 3.8) is 0 Å². The molecule has 10 heteroatoms. The van der Waals surface area contributed by atoms with Crippen LogP contribution in [0.25, 0.3) is 40.7 Å². The van der Waals surface area contributed by atoms with Gasteiger partial charge in [0.15, 0.2) is 11.2 Å². The molecule has 4 aromatic heterocycles. The molecule has 0 spiro atoms. The van der Waals surface area contributed by atoms with Gasteiger partial charge in [0.25, 0.3) is 6.71 Å². The third-order valence-electron chi connectivity index (χ3n) is 14.8. The van der Waals surface area contributed by atoms with Crippen molar-refractivity contribution in [2.45, 2.75) is 0 Å². The number of nitrogens with zero attached hydrogens (tertiary/aromatic N) is 4. The molecule has 78 heavy (non-hydrogen) atoms. The Kier molecular flexibility index (Phi) is 11.3. The molecule has 0 bridgehead atoms. The summed E-state index contributed by atoms with van der Waals surface area (Å²) in [5, 5.41) is 2.94. The van der Waals surface area contributed by atoms with Gasteiger partial charge in [0.1, 0.15) is 17.6 Å². The summed E-state index contributed by atoms with van der Waals surface area (Å²) in [6.45, 7) is 0.000636. The van der Waals surface area contributed by atoms with Crippen LogP contribution in [0, 0.1) is 0 Å². The highest BCUT2D eigenvalue weighted by Gasteiger charge is 2.47. The monoisotopic (exact) mass is 1060 g/mol. The second-order valence-electron chi connectivity index (χ2n) is 19.3. The standard InChI is InChI=1S/C34H21BN2OS.C34H23ClN2OS/c1-3-12-22(13-4-1)36-26-18-9-8-17-25(26)35-30-27(36)19-11-20-28(30)37(23-14-5-2-6-15-23)31-33-32(38-34(31)35)24-16-7-10-21-29(24)39-33;35-32-28(36(24-13-4-1-5-14-24)25-15-6-2-7-16-25)20-12-21-29(32)37(26-17-8-3-9-18-26)30-23-38-33-27-19-10-11-22-31(27)39-34(30)33/h1-21H;1-23H. The molecule has 6 nitrogen and oxygen atoms in total. The predicted octanol–water partition coefficient (Wildman–Crippen LogP) is 19.0. The molecule has 0 saturated heterocycles. The van der Waals surface area contributed by atoms with Gasteiger partial charge in [-0.25, -0.2) is 0 Å². The van der Waals surface area contributed by atoms with E-state index in [4.69, 9.17) is 20.4 Å². The number of fused-ring (bicyclic) bond motifs is 11. The van der Waals surface area contributed by atoms with Crippen LogP contribution < -0.4 is 36.2 Å². The Hall–Kier alpha value is -9.25. The van der Waals surface area contributed by atoms with Crippen LogP contribution in [0.3, 0.4) is 0 Å². The first-order chi connectivity index (χ1) is 38.7. The number of para-hydroxylation sites is 6. The van der Waals surface area contributed by atoms with Crippen molar-refractivity contribution in [1.82, 2.24) is 0 Å². The van der Waals surface area contributed by atoms with Gasteiger partial charge in [0, 0.05) is 65.7 Å². The second-order valence-corrected chi connectivity index (χ2v) is 21.8. The fraction of sp³-hybridized carbons (Fsp3) is 0. The van der Waals surface area contributed by atoms with Gasteiger partial charge in [-0.15, -0.1) is 22.7 Å². The first kappa shape index (κ1) is 46.1. The SMILES string of the molecule is Clc1c(N(c2ccccc2)c2ccccc2)cccc1N(c1ccccc1)c1coc2c1sc1ccccc12.c1ccc(N2c3ccccc3B3c4oc5c(sc6ccccc65)c4N(c4ccccc4)c4cccc2c43)cc1. The number of hydrogen-bond donors (Lipinski definition) is 0. The minimum Gasteiger partial charge on any atom is -0.466 e. The Labute approximate surface area is 464 Å². The lowest BCUT2D eigenvalue weighted by Gasteiger charge is -2.42. The van der Waals surface area contributed by atoms with E-state index in [1.165, 1.54) is 47.5 Å². The molecule has 0 atom stereocenters. The largest absolute Gasteiger partial charge is 0.466 e. The molecule has 6 heterocycles. The topological polar surface area (TPSA) is 39.2 Å². The van der Waals surface area contributed by atoms with Crippen LogP contribution in [0.4, 0.5) is 68.2 Å². The highest BCUT2D eigenvalue weighted by Crippen LogP contribution is 2.52. The maximum absolute atomic E-state index is 7.38. The fourth-order valence-electron chi connectivity index (χ4n) is 11.5. The summed E-state index contributed by atoms with van der Waals surface area (Å²) < 4.78 is 17.9. The highest BCUT2D eigenvalue weighted by molar-refractivity contribution is 7.27. The Morgan fingerprint density at radius 1 is 0.397 bits per heavy atom. The molecule has 2 aliphatic rings. The van der Waals surface area contributed by atoms with Gasteiger partial charge in [-0.1, -0.05) is 157 Å². The molecule has 2 aliphatic heterocycles. The van der Waals surface area contributed by atoms with Gasteiger partial charge in [0.05, 0.1) is 31.5 Å². The van der Waals surface area contributed by atoms with Crippen molar-refractivity contribution in [3.05, 3.63) is 272 Å². The molecule has 10 aromatic carbocycles. The van der Waals surface area contributed by atoms with Crippen molar-refractivity contribution in [1.29, 1.82) is 0 Å². The van der Waals surface area contributed by atoms with Crippen LogP contribution >= 0.6 is 34.3 Å². The zero-order valence-corrected chi connectivity index (χ0v) is 44.2. The van der Waals surface area contributed by atoms with Gasteiger partial charge in [-0.2, -0.15) is 0 Å². The Balaban J connectivity index is 0.000000136. The van der Waals surface area contributed by atoms with Gasteiger partial charge in [-0.3, -0.25) is 0 Å². The molecule has 0 radical (unpaired) electrons. The summed E-state index contributed by atoms with van der Waals surface area (Å²) >= 11 is 10.9. The summed E-state index contributed by atoms with van der Waals surface area (Å²) in [5.74, 6) is 0. The molecular formula is C68H44BClN4O2S2. The van der Waals surface area contributed by atoms with E-state index in [9.17, 15) is 0 Å². The second kappa shape index (κ2) is 19.1. The third-order valence-corrected chi connectivity index (χ3v) is 17.6. The number of furan rings is 2. The zero-order chi connectivity index (χ0) is 51.7. The fourth-order valence-corrected chi connectivity index (χ4v) is 14.1. The zero-order valence-electron chi connectivity index (χ0n) is 41.8. The summed E-state index contributed by atoms with van der Waals surface area (Å²) in [7, 11) is 0. The van der Waals surface area contributed by atoms with E-state index in [1.54, 1.807) is 11.3 Å². The number of thiophene rings is 2. The van der Waals surface area contributed by atoms with Crippen molar-refractivity contribution in [3.8, 4) is 0 Å². The molecule has 0 fully saturated rings. The maximum Gasteiger partial charge on any atom is 0.297 e. The lowest BCUT2D eigenvalue weighted by molar-refractivity contribution is 0.620. The highest BCUT2D eigenvalue weighted by atomic mass is 35.5. The lowest BCUT2D eigenvalue weighted by Crippen LogP contribution is -2.60. The lowest BCUT2D eigenvalue weighted by atomic mass is 9.35. The normalized spacial score (nSPS) is 12.3. The summed E-state index contributed by atoms with van der Waals surface area (Å²) in [5.41, 5.74) is 18.3. The van der Waals surface area contributed by atoms with Crippen LogP contribution in [-0.2, 0) is 0 Å². The summed E-state index contributed by atoms with van der Waals surface area (Å²) in [6.07, 6.45) is 1.84.